The number of fused-ring (bicyclic) bond motifs is 2. The fourth-order valence-electron chi connectivity index (χ4n) is 2.41. The van der Waals surface area contributed by atoms with E-state index in [1.165, 1.54) is 20.2 Å². The highest BCUT2D eigenvalue weighted by Crippen LogP contribution is 2.21. The fourth-order valence-corrected chi connectivity index (χ4v) is 4.63. The highest BCUT2D eigenvalue weighted by molar-refractivity contribution is 7.35. The van der Waals surface area contributed by atoms with Gasteiger partial charge in [0, 0.05) is 19.0 Å². The van der Waals surface area contributed by atoms with Crippen LogP contribution >= 0.6 is 22.7 Å². The molecule has 4 aromatic rings. The molecule has 2 heterocycles. The van der Waals surface area contributed by atoms with E-state index in [2.05, 4.69) is 36.4 Å². The summed E-state index contributed by atoms with van der Waals surface area (Å²) >= 11 is 3.33. The lowest BCUT2D eigenvalue weighted by molar-refractivity contribution is 0.602. The second-order valence-electron chi connectivity index (χ2n) is 4.78. The van der Waals surface area contributed by atoms with E-state index in [9.17, 15) is 5.02 Å². The van der Waals surface area contributed by atoms with Crippen molar-refractivity contribution >= 4 is 59.3 Å². The lowest BCUT2D eigenvalue weighted by Crippen LogP contribution is -2.38. The topological polar surface area (TPSA) is 20.2 Å². The van der Waals surface area contributed by atoms with E-state index >= 15 is 0 Å². The molecular formula is C16H11BOS2. The average Bonchev–Trinajstić information content (AvgIpc) is 3.10. The van der Waals surface area contributed by atoms with E-state index in [0.29, 0.717) is 0 Å². The molecule has 0 fully saturated rings. The second-order valence-corrected chi connectivity index (χ2v) is 7.01. The van der Waals surface area contributed by atoms with Gasteiger partial charge in [0.15, 0.2) is 0 Å². The Morgan fingerprint density at radius 3 is 1.60 bits per heavy atom. The third-order valence-electron chi connectivity index (χ3n) is 3.43. The van der Waals surface area contributed by atoms with Crippen LogP contribution in [-0.2, 0) is 0 Å². The minimum Gasteiger partial charge on any atom is -0.442 e. The monoisotopic (exact) mass is 294 g/mol. The van der Waals surface area contributed by atoms with Crippen molar-refractivity contribution in [1.29, 1.82) is 0 Å². The first kappa shape index (κ1) is 12.2. The number of hydrogen-bond acceptors (Lipinski definition) is 3. The third kappa shape index (κ3) is 1.97. The van der Waals surface area contributed by atoms with Gasteiger partial charge in [0.2, 0.25) is 0 Å². The quantitative estimate of drug-likeness (QED) is 0.563. The van der Waals surface area contributed by atoms with Crippen molar-refractivity contribution in [2.75, 3.05) is 0 Å². The lowest BCUT2D eigenvalue weighted by Gasteiger charge is -1.98. The van der Waals surface area contributed by atoms with Crippen LogP contribution in [0.15, 0.2) is 60.7 Å². The Morgan fingerprint density at radius 2 is 1.15 bits per heavy atom. The van der Waals surface area contributed by atoms with Crippen molar-refractivity contribution in [3.63, 3.8) is 0 Å². The highest BCUT2D eigenvalue weighted by atomic mass is 32.1. The largest absolute Gasteiger partial charge is 0.442 e. The van der Waals surface area contributed by atoms with Crippen LogP contribution in [0.3, 0.4) is 0 Å². The number of thiophene rings is 2. The molecule has 96 valence electrons. The van der Waals surface area contributed by atoms with Crippen LogP contribution in [0.4, 0.5) is 0 Å². The molecule has 2 aromatic heterocycles. The molecule has 1 N–H and O–H groups in total. The van der Waals surface area contributed by atoms with Crippen molar-refractivity contribution in [2.45, 2.75) is 0 Å². The minimum absolute atomic E-state index is 0.523. The van der Waals surface area contributed by atoms with E-state index in [-0.39, 0.29) is 0 Å². The Morgan fingerprint density at radius 1 is 0.700 bits per heavy atom. The maximum atomic E-state index is 10.6. The Hall–Kier alpha value is -1.62. The van der Waals surface area contributed by atoms with Gasteiger partial charge in [0.25, 0.3) is 0 Å². The zero-order valence-corrected chi connectivity index (χ0v) is 12.2. The fraction of sp³-hybridized carbons (Fsp3) is 0. The third-order valence-corrected chi connectivity index (χ3v) is 5.77. The van der Waals surface area contributed by atoms with E-state index in [1.807, 2.05) is 24.3 Å². The standard InChI is InChI=1S/C16H11BOS2/c18-17(15-9-11-5-1-3-7-13(11)19-15)16-10-12-6-2-4-8-14(12)20-16/h1-10,18H. The highest BCUT2D eigenvalue weighted by Gasteiger charge is 2.21. The van der Waals surface area contributed by atoms with E-state index in [0.717, 1.165) is 9.55 Å². The Labute approximate surface area is 125 Å². The van der Waals surface area contributed by atoms with Gasteiger partial charge in [-0.05, 0) is 35.0 Å². The summed E-state index contributed by atoms with van der Waals surface area (Å²) in [5.41, 5.74) is 0. The molecule has 4 rings (SSSR count). The Bertz CT molecular complexity index is 753. The van der Waals surface area contributed by atoms with Gasteiger partial charge < -0.3 is 5.02 Å². The van der Waals surface area contributed by atoms with Crippen molar-refractivity contribution in [3.8, 4) is 0 Å². The normalized spacial score (nSPS) is 11.2. The molecule has 0 spiro atoms. The van der Waals surface area contributed by atoms with Gasteiger partial charge in [-0.1, -0.05) is 36.4 Å². The second kappa shape index (κ2) is 4.74. The van der Waals surface area contributed by atoms with Crippen LogP contribution in [-0.4, -0.2) is 11.9 Å². The predicted molar refractivity (Wildman–Crippen MR) is 90.9 cm³/mol. The first-order valence-electron chi connectivity index (χ1n) is 6.46. The molecule has 0 amide bonds. The first-order chi connectivity index (χ1) is 9.81. The molecule has 20 heavy (non-hydrogen) atoms. The molecule has 0 unspecified atom stereocenters. The molecule has 2 aromatic carbocycles. The van der Waals surface area contributed by atoms with Crippen LogP contribution in [0, 0.1) is 0 Å². The summed E-state index contributed by atoms with van der Waals surface area (Å²) < 4.78 is 4.47. The zero-order chi connectivity index (χ0) is 13.5. The first-order valence-corrected chi connectivity index (χ1v) is 8.09. The smallest absolute Gasteiger partial charge is 0.379 e. The summed E-state index contributed by atoms with van der Waals surface area (Å²) in [4.78, 5) is 0. The summed E-state index contributed by atoms with van der Waals surface area (Å²) in [5.74, 6) is 0. The number of benzene rings is 2. The number of rotatable bonds is 2. The van der Waals surface area contributed by atoms with Gasteiger partial charge in [0.1, 0.15) is 0 Å². The van der Waals surface area contributed by atoms with Crippen molar-refractivity contribution in [2.24, 2.45) is 0 Å². The lowest BCUT2D eigenvalue weighted by atomic mass is 9.65. The van der Waals surface area contributed by atoms with Crippen LogP contribution < -0.4 is 9.55 Å². The molecule has 0 aliphatic rings. The Balaban J connectivity index is 1.80. The van der Waals surface area contributed by atoms with Gasteiger partial charge in [-0.2, -0.15) is 0 Å². The molecule has 0 saturated heterocycles. The summed E-state index contributed by atoms with van der Waals surface area (Å²) in [6.07, 6.45) is 0. The van der Waals surface area contributed by atoms with Crippen LogP contribution in [0.25, 0.3) is 20.2 Å². The maximum absolute atomic E-state index is 10.6. The summed E-state index contributed by atoms with van der Waals surface area (Å²) in [6.45, 7) is -0.523. The van der Waals surface area contributed by atoms with Crippen molar-refractivity contribution < 1.29 is 5.02 Å². The van der Waals surface area contributed by atoms with Gasteiger partial charge >= 0.3 is 6.92 Å². The van der Waals surface area contributed by atoms with Gasteiger partial charge in [-0.3, -0.25) is 0 Å². The molecule has 1 nitrogen and oxygen atoms in total. The summed E-state index contributed by atoms with van der Waals surface area (Å²) in [6, 6.07) is 20.7. The number of hydrogen-bond donors (Lipinski definition) is 1. The van der Waals surface area contributed by atoms with Gasteiger partial charge in [-0.25, -0.2) is 0 Å². The van der Waals surface area contributed by atoms with E-state index in [4.69, 9.17) is 0 Å². The SMILES string of the molecule is OB(c1cc2ccccc2s1)c1cc2ccccc2s1. The molecule has 0 aliphatic heterocycles. The molecule has 0 aliphatic carbocycles. The molecule has 0 bridgehead atoms. The van der Waals surface area contributed by atoms with E-state index in [1.54, 1.807) is 22.7 Å². The van der Waals surface area contributed by atoms with Crippen LogP contribution in [0.1, 0.15) is 0 Å². The molecule has 0 saturated carbocycles. The average molecular weight is 294 g/mol. The molecule has 0 atom stereocenters. The van der Waals surface area contributed by atoms with Crippen LogP contribution in [0.5, 0.6) is 0 Å². The maximum Gasteiger partial charge on any atom is 0.379 e. The minimum atomic E-state index is -0.523. The summed E-state index contributed by atoms with van der Waals surface area (Å²) in [5, 5.41) is 13.0. The van der Waals surface area contributed by atoms with Crippen molar-refractivity contribution in [3.05, 3.63) is 60.7 Å². The van der Waals surface area contributed by atoms with Gasteiger partial charge in [0.05, 0.1) is 0 Å². The van der Waals surface area contributed by atoms with E-state index < -0.39 is 6.92 Å². The van der Waals surface area contributed by atoms with Crippen LogP contribution in [0.2, 0.25) is 0 Å². The molecule has 0 radical (unpaired) electrons. The Kier molecular flexibility index (Phi) is 2.88. The van der Waals surface area contributed by atoms with Gasteiger partial charge in [-0.15, -0.1) is 22.7 Å². The molecule has 4 heteroatoms. The van der Waals surface area contributed by atoms with Crippen molar-refractivity contribution in [1.82, 2.24) is 0 Å². The predicted octanol–water partition coefficient (Wildman–Crippen LogP) is 3.21. The zero-order valence-electron chi connectivity index (χ0n) is 10.6. The summed E-state index contributed by atoms with van der Waals surface area (Å²) in [7, 11) is 0. The molecular weight excluding hydrogens is 283 g/mol.